The van der Waals surface area contributed by atoms with Crippen molar-refractivity contribution >= 4 is 35.2 Å². The van der Waals surface area contributed by atoms with Gasteiger partial charge in [0, 0.05) is 0 Å². The summed E-state index contributed by atoms with van der Waals surface area (Å²) in [6, 6.07) is 17.9. The van der Waals surface area contributed by atoms with Crippen LogP contribution in [0.2, 0.25) is 0 Å². The van der Waals surface area contributed by atoms with Crippen LogP contribution in [0.1, 0.15) is 17.2 Å². The second kappa shape index (κ2) is 9.34. The number of carbonyl (C=O) groups excluding carboxylic acids is 2. The van der Waals surface area contributed by atoms with E-state index < -0.39 is 18.1 Å². The molecule has 5 rings (SSSR count). The fourth-order valence-corrected chi connectivity index (χ4v) is 5.21. The van der Waals surface area contributed by atoms with Crippen LogP contribution in [0.5, 0.6) is 0 Å². The number of thioether (sulfide) groups is 1. The average molecular weight is 481 g/mol. The summed E-state index contributed by atoms with van der Waals surface area (Å²) in [6.07, 6.45) is 1.00. The van der Waals surface area contributed by atoms with E-state index in [0.29, 0.717) is 11.5 Å². The van der Waals surface area contributed by atoms with Crippen molar-refractivity contribution in [2.24, 2.45) is 5.73 Å². The van der Waals surface area contributed by atoms with Crippen molar-refractivity contribution in [2.75, 3.05) is 12.4 Å². The van der Waals surface area contributed by atoms with Gasteiger partial charge in [0.2, 0.25) is 5.91 Å². The first-order valence-electron chi connectivity index (χ1n) is 10.3. The second-order valence-electron chi connectivity index (χ2n) is 7.52. The normalized spacial score (nSPS) is 19.7. The van der Waals surface area contributed by atoms with E-state index in [2.05, 4.69) is 9.59 Å². The van der Waals surface area contributed by atoms with Crippen LogP contribution in [0.15, 0.2) is 82.5 Å². The van der Waals surface area contributed by atoms with Crippen LogP contribution in [-0.4, -0.2) is 50.8 Å². The Bertz CT molecular complexity index is 1130. The summed E-state index contributed by atoms with van der Waals surface area (Å²) in [5, 5.41) is 3.82. The first kappa shape index (κ1) is 21.6. The van der Waals surface area contributed by atoms with Crippen molar-refractivity contribution in [2.45, 2.75) is 22.4 Å². The van der Waals surface area contributed by atoms with E-state index in [1.807, 2.05) is 60.7 Å². The highest BCUT2D eigenvalue weighted by atomic mass is 32.2. The van der Waals surface area contributed by atoms with Crippen LogP contribution in [0.3, 0.4) is 0 Å². The number of hydrogen-bond acceptors (Lipinski definition) is 9. The highest BCUT2D eigenvalue weighted by Gasteiger charge is 2.53. The van der Waals surface area contributed by atoms with Gasteiger partial charge in [-0.05, 0) is 22.7 Å². The predicted octanol–water partition coefficient (Wildman–Crippen LogP) is 2.74. The van der Waals surface area contributed by atoms with Gasteiger partial charge in [-0.1, -0.05) is 65.2 Å². The molecule has 2 unspecified atom stereocenters. The van der Waals surface area contributed by atoms with Crippen molar-refractivity contribution in [1.29, 1.82) is 0 Å². The second-order valence-corrected chi connectivity index (χ2v) is 9.58. The number of β-lactam (4-membered cyclic amide) rings is 1. The van der Waals surface area contributed by atoms with Crippen LogP contribution in [0.25, 0.3) is 0 Å². The molecule has 1 amide bonds. The molecule has 168 valence electrons. The number of carbonyl (C=O) groups is 2. The standard InChI is InChI=1S/C23H20N4O4S2/c24-19-16-12-30-17(13-32-18-11-25-26-33-18)20(27(16)22(19)28)23(29)31-21(14-7-3-1-4-8-14)15-9-5-2-6-10-15/h1-11,16,19,21H,12-13,24H2. The van der Waals surface area contributed by atoms with Gasteiger partial charge >= 0.3 is 5.97 Å². The molecule has 0 saturated carbocycles. The SMILES string of the molecule is NC1C(=O)N2C(C(=O)OC(c3ccccc3)c3ccccc3)=C(CSc3cnns3)OCC12. The van der Waals surface area contributed by atoms with E-state index in [1.54, 1.807) is 6.20 Å². The van der Waals surface area contributed by atoms with Crippen LogP contribution in [0, 0.1) is 0 Å². The molecule has 8 nitrogen and oxygen atoms in total. The molecule has 0 bridgehead atoms. The quantitative estimate of drug-likeness (QED) is 0.313. The van der Waals surface area contributed by atoms with Crippen LogP contribution in [-0.2, 0) is 19.1 Å². The largest absolute Gasteiger partial charge is 0.492 e. The first-order chi connectivity index (χ1) is 16.1. The Hall–Kier alpha value is -3.21. The van der Waals surface area contributed by atoms with Gasteiger partial charge in [-0.2, -0.15) is 0 Å². The molecule has 10 heteroatoms. The molecule has 0 spiro atoms. The number of nitrogens with two attached hydrogens (primary N) is 1. The molecule has 33 heavy (non-hydrogen) atoms. The maximum Gasteiger partial charge on any atom is 0.359 e. The van der Waals surface area contributed by atoms with Crippen molar-refractivity contribution in [3.8, 4) is 0 Å². The fourth-order valence-electron chi connectivity index (χ4n) is 3.84. The highest BCUT2D eigenvalue weighted by molar-refractivity contribution is 8.01. The number of esters is 1. The fraction of sp³-hybridized carbons (Fsp3) is 0.217. The smallest absolute Gasteiger partial charge is 0.359 e. The number of hydrogen-bond donors (Lipinski definition) is 1. The van der Waals surface area contributed by atoms with E-state index in [9.17, 15) is 9.59 Å². The molecule has 2 aliphatic heterocycles. The molecule has 3 aromatic rings. The number of fused-ring (bicyclic) bond motifs is 1. The summed E-state index contributed by atoms with van der Waals surface area (Å²) >= 11 is 2.68. The number of benzene rings is 2. The minimum Gasteiger partial charge on any atom is -0.492 e. The summed E-state index contributed by atoms with van der Waals surface area (Å²) in [5.41, 5.74) is 7.71. The highest BCUT2D eigenvalue weighted by Crippen LogP contribution is 2.36. The molecular weight excluding hydrogens is 460 g/mol. The number of amides is 1. The van der Waals surface area contributed by atoms with E-state index in [1.165, 1.54) is 28.2 Å². The van der Waals surface area contributed by atoms with Gasteiger partial charge in [-0.15, -0.1) is 16.9 Å². The topological polar surface area (TPSA) is 108 Å². The summed E-state index contributed by atoms with van der Waals surface area (Å²) in [7, 11) is 0. The third-order valence-electron chi connectivity index (χ3n) is 5.51. The molecular formula is C23H20N4O4S2. The first-order valence-corrected chi connectivity index (χ1v) is 12.0. The maximum absolute atomic E-state index is 13.5. The number of ether oxygens (including phenoxy) is 2. The Labute approximate surface area is 198 Å². The summed E-state index contributed by atoms with van der Waals surface area (Å²) < 4.78 is 16.6. The summed E-state index contributed by atoms with van der Waals surface area (Å²) in [4.78, 5) is 27.6. The van der Waals surface area contributed by atoms with Gasteiger partial charge in [0.25, 0.3) is 0 Å². The number of rotatable bonds is 7. The molecule has 2 atom stereocenters. The summed E-state index contributed by atoms with van der Waals surface area (Å²) in [5.74, 6) is -0.222. The lowest BCUT2D eigenvalue weighted by molar-refractivity contribution is -0.160. The Morgan fingerprint density at radius 2 is 1.85 bits per heavy atom. The molecule has 1 fully saturated rings. The van der Waals surface area contributed by atoms with E-state index in [4.69, 9.17) is 15.2 Å². The Morgan fingerprint density at radius 3 is 2.45 bits per heavy atom. The van der Waals surface area contributed by atoms with Gasteiger partial charge in [-0.3, -0.25) is 9.69 Å². The molecule has 1 aromatic heterocycles. The molecule has 2 aliphatic rings. The lowest BCUT2D eigenvalue weighted by Crippen LogP contribution is -2.71. The number of nitrogens with zero attached hydrogens (tertiary/aromatic N) is 3. The van der Waals surface area contributed by atoms with Crippen LogP contribution < -0.4 is 5.73 Å². The van der Waals surface area contributed by atoms with Crippen LogP contribution in [0.4, 0.5) is 0 Å². The molecule has 0 radical (unpaired) electrons. The zero-order valence-corrected chi connectivity index (χ0v) is 19.0. The van der Waals surface area contributed by atoms with E-state index in [-0.39, 0.29) is 24.3 Å². The Balaban J connectivity index is 1.47. The van der Waals surface area contributed by atoms with Crippen molar-refractivity contribution < 1.29 is 19.1 Å². The van der Waals surface area contributed by atoms with Crippen molar-refractivity contribution in [3.05, 3.63) is 89.4 Å². The Morgan fingerprint density at radius 1 is 1.18 bits per heavy atom. The Kier molecular flexibility index (Phi) is 6.12. The molecule has 2 aromatic carbocycles. The van der Waals surface area contributed by atoms with Crippen molar-refractivity contribution in [3.63, 3.8) is 0 Å². The van der Waals surface area contributed by atoms with Crippen LogP contribution >= 0.6 is 23.3 Å². The van der Waals surface area contributed by atoms with Gasteiger partial charge in [0.1, 0.15) is 22.6 Å². The lowest BCUT2D eigenvalue weighted by Gasteiger charge is -2.48. The maximum atomic E-state index is 13.5. The third-order valence-corrected chi connectivity index (χ3v) is 7.35. The lowest BCUT2D eigenvalue weighted by atomic mass is 9.93. The zero-order chi connectivity index (χ0) is 22.8. The third kappa shape index (κ3) is 4.24. The van der Waals surface area contributed by atoms with Gasteiger partial charge in [-0.25, -0.2) is 4.79 Å². The zero-order valence-electron chi connectivity index (χ0n) is 17.4. The molecule has 3 heterocycles. The average Bonchev–Trinajstić information content (AvgIpc) is 3.39. The van der Waals surface area contributed by atoms with E-state index in [0.717, 1.165) is 15.3 Å². The molecule has 0 aliphatic carbocycles. The minimum absolute atomic E-state index is 0.111. The van der Waals surface area contributed by atoms with Gasteiger partial charge in [0.05, 0.1) is 18.0 Å². The minimum atomic E-state index is -0.688. The van der Waals surface area contributed by atoms with E-state index >= 15 is 0 Å². The number of aromatic nitrogens is 2. The molecule has 2 N–H and O–H groups in total. The summed E-state index contributed by atoms with van der Waals surface area (Å²) in [6.45, 7) is 0.237. The molecule has 1 saturated heterocycles. The van der Waals surface area contributed by atoms with Crippen molar-refractivity contribution in [1.82, 2.24) is 14.5 Å². The predicted molar refractivity (Wildman–Crippen MR) is 123 cm³/mol. The van der Waals surface area contributed by atoms with Gasteiger partial charge < -0.3 is 15.2 Å². The van der Waals surface area contributed by atoms with Gasteiger partial charge in [0.15, 0.2) is 11.8 Å². The monoisotopic (exact) mass is 480 g/mol.